The number of hydrogen-bond donors (Lipinski definition) is 2. The summed E-state index contributed by atoms with van der Waals surface area (Å²) in [6.07, 6.45) is 3.41. The van der Waals surface area contributed by atoms with E-state index in [1.807, 2.05) is 11.0 Å². The van der Waals surface area contributed by atoms with E-state index >= 15 is 0 Å². The maximum absolute atomic E-state index is 11.7. The molecular weight excluding hydrogens is 330 g/mol. The molecule has 2 saturated heterocycles. The second kappa shape index (κ2) is 8.33. The first kappa shape index (κ1) is 19.1. The summed E-state index contributed by atoms with van der Waals surface area (Å²) in [5, 5.41) is 10.6. The molecule has 7 heteroatoms. The van der Waals surface area contributed by atoms with E-state index in [1.165, 1.54) is 0 Å². The topological polar surface area (TPSA) is 85.9 Å². The third kappa shape index (κ3) is 4.34. The minimum atomic E-state index is -0.530. The highest BCUT2D eigenvalue weighted by atomic mass is 16.3. The van der Waals surface area contributed by atoms with Crippen LogP contribution in [0.1, 0.15) is 37.2 Å². The Bertz CT molecular complexity index is 616. The Kier molecular flexibility index (Phi) is 6.11. The third-order valence-corrected chi connectivity index (χ3v) is 5.64. The maximum Gasteiger partial charge on any atom is 0.269 e. The van der Waals surface area contributed by atoms with Gasteiger partial charge in [-0.25, -0.2) is 4.98 Å². The van der Waals surface area contributed by atoms with E-state index < -0.39 is 12.0 Å². The van der Waals surface area contributed by atoms with Crippen LogP contribution in [0.4, 0.5) is 5.69 Å². The van der Waals surface area contributed by atoms with Gasteiger partial charge in [-0.2, -0.15) is 0 Å². The Labute approximate surface area is 155 Å². The van der Waals surface area contributed by atoms with Crippen molar-refractivity contribution in [3.05, 3.63) is 24.0 Å². The number of rotatable bonds is 4. The molecule has 0 radical (unpaired) electrons. The molecule has 2 fully saturated rings. The lowest BCUT2D eigenvalue weighted by Crippen LogP contribution is -2.48. The van der Waals surface area contributed by atoms with E-state index in [1.54, 1.807) is 12.3 Å². The van der Waals surface area contributed by atoms with Gasteiger partial charge in [-0.1, -0.05) is 0 Å². The number of nitrogens with two attached hydrogens (primary N) is 1. The number of likely N-dealkylation sites (tertiary alicyclic amines) is 1. The Morgan fingerprint density at radius 3 is 2.62 bits per heavy atom. The van der Waals surface area contributed by atoms with Crippen LogP contribution in [0.25, 0.3) is 0 Å². The Morgan fingerprint density at radius 1 is 1.23 bits per heavy atom. The normalized spacial score (nSPS) is 24.0. The van der Waals surface area contributed by atoms with Gasteiger partial charge in [-0.3, -0.25) is 9.69 Å². The molecule has 1 unspecified atom stereocenters. The smallest absolute Gasteiger partial charge is 0.269 e. The molecule has 1 atom stereocenters. The van der Waals surface area contributed by atoms with Gasteiger partial charge in [0.05, 0.1) is 11.8 Å². The first-order chi connectivity index (χ1) is 12.5. The van der Waals surface area contributed by atoms with Crippen molar-refractivity contribution < 1.29 is 9.90 Å². The van der Waals surface area contributed by atoms with Crippen molar-refractivity contribution >= 4 is 11.6 Å². The van der Waals surface area contributed by atoms with Gasteiger partial charge in [-0.15, -0.1) is 0 Å². The van der Waals surface area contributed by atoms with Gasteiger partial charge in [0.25, 0.3) is 5.91 Å². The molecule has 0 aliphatic carbocycles. The monoisotopic (exact) mass is 361 g/mol. The molecule has 0 saturated carbocycles. The molecule has 3 rings (SSSR count). The Morgan fingerprint density at radius 2 is 1.96 bits per heavy atom. The highest BCUT2D eigenvalue weighted by Gasteiger charge is 2.30. The van der Waals surface area contributed by atoms with Crippen molar-refractivity contribution in [1.82, 2.24) is 14.8 Å². The number of carbonyl (C=O) groups is 1. The number of aliphatic hydroxyl groups is 1. The van der Waals surface area contributed by atoms with Crippen LogP contribution in [0.3, 0.4) is 0 Å². The highest BCUT2D eigenvalue weighted by Crippen LogP contribution is 2.23. The molecule has 0 bridgehead atoms. The van der Waals surface area contributed by atoms with Crippen LogP contribution >= 0.6 is 0 Å². The number of carbonyl (C=O) groups excluding carboxylic acids is 1. The number of piperidine rings is 1. The van der Waals surface area contributed by atoms with Crippen molar-refractivity contribution in [2.24, 2.45) is 5.73 Å². The number of primary amides is 1. The molecule has 1 aromatic heterocycles. The first-order valence-corrected chi connectivity index (χ1v) is 9.61. The van der Waals surface area contributed by atoms with Crippen molar-refractivity contribution in [1.29, 1.82) is 0 Å². The van der Waals surface area contributed by atoms with Crippen LogP contribution < -0.4 is 10.6 Å². The number of aromatic nitrogens is 1. The summed E-state index contributed by atoms with van der Waals surface area (Å²) in [6, 6.07) is 4.78. The molecule has 1 amide bonds. The van der Waals surface area contributed by atoms with Crippen molar-refractivity contribution in [2.75, 3.05) is 44.2 Å². The van der Waals surface area contributed by atoms with Gasteiger partial charge in [0, 0.05) is 44.5 Å². The van der Waals surface area contributed by atoms with Crippen LogP contribution in [0.15, 0.2) is 18.3 Å². The lowest BCUT2D eigenvalue weighted by atomic mass is 10.0. The Balaban J connectivity index is 1.67. The van der Waals surface area contributed by atoms with Gasteiger partial charge in [-0.05, 0) is 51.9 Å². The van der Waals surface area contributed by atoms with E-state index in [2.05, 4.69) is 28.6 Å². The predicted octanol–water partition coefficient (Wildman–Crippen LogP) is 0.536. The summed E-state index contributed by atoms with van der Waals surface area (Å²) in [4.78, 5) is 22.8. The number of nitrogens with zero attached hydrogens (tertiary/aromatic N) is 4. The SMILES string of the molecule is CC(C)N1CCC(N2CCN(c3cccnc3C(N)=O)CC(O)C2)CC1. The Hall–Kier alpha value is -1.70. The van der Waals surface area contributed by atoms with E-state index in [-0.39, 0.29) is 5.69 Å². The van der Waals surface area contributed by atoms with Gasteiger partial charge in [0.2, 0.25) is 0 Å². The van der Waals surface area contributed by atoms with E-state index in [0.717, 1.165) is 44.7 Å². The number of amides is 1. The zero-order valence-electron chi connectivity index (χ0n) is 15.8. The molecule has 144 valence electrons. The van der Waals surface area contributed by atoms with Gasteiger partial charge in [0.15, 0.2) is 5.69 Å². The van der Waals surface area contributed by atoms with E-state index in [9.17, 15) is 9.90 Å². The molecule has 1 aromatic rings. The number of anilines is 1. The summed E-state index contributed by atoms with van der Waals surface area (Å²) in [5.41, 5.74) is 6.47. The predicted molar refractivity (Wildman–Crippen MR) is 102 cm³/mol. The van der Waals surface area contributed by atoms with Crippen molar-refractivity contribution in [3.8, 4) is 0 Å². The van der Waals surface area contributed by atoms with Crippen LogP contribution in [0.5, 0.6) is 0 Å². The number of hydrogen-bond acceptors (Lipinski definition) is 6. The van der Waals surface area contributed by atoms with Crippen molar-refractivity contribution in [2.45, 2.75) is 44.9 Å². The van der Waals surface area contributed by atoms with Gasteiger partial charge >= 0.3 is 0 Å². The molecule has 7 nitrogen and oxygen atoms in total. The minimum Gasteiger partial charge on any atom is -0.390 e. The third-order valence-electron chi connectivity index (χ3n) is 5.64. The minimum absolute atomic E-state index is 0.276. The quantitative estimate of drug-likeness (QED) is 0.814. The molecular formula is C19H31N5O2. The van der Waals surface area contributed by atoms with Crippen LogP contribution in [0, 0.1) is 0 Å². The number of β-amino-alcohol motifs (C(OH)–C–C–N with tert-alkyl or cyclic N) is 1. The second-order valence-corrected chi connectivity index (χ2v) is 7.69. The molecule has 0 spiro atoms. The standard InChI is InChI=1S/C19H31N5O2/c1-14(2)22-8-5-15(6-9-22)23-10-11-24(13-16(25)12-23)17-4-3-7-21-18(17)19(20)26/h3-4,7,14-16,25H,5-6,8-13H2,1-2H3,(H2,20,26). The largest absolute Gasteiger partial charge is 0.390 e. The summed E-state index contributed by atoms with van der Waals surface area (Å²) in [7, 11) is 0. The maximum atomic E-state index is 11.7. The second-order valence-electron chi connectivity index (χ2n) is 7.69. The van der Waals surface area contributed by atoms with E-state index in [0.29, 0.717) is 25.2 Å². The van der Waals surface area contributed by atoms with Gasteiger partial charge < -0.3 is 20.6 Å². The van der Waals surface area contributed by atoms with Crippen molar-refractivity contribution in [3.63, 3.8) is 0 Å². The number of aliphatic hydroxyl groups excluding tert-OH is 1. The van der Waals surface area contributed by atoms with E-state index in [4.69, 9.17) is 5.73 Å². The van der Waals surface area contributed by atoms with Crippen LogP contribution in [-0.2, 0) is 0 Å². The molecule has 0 aromatic carbocycles. The van der Waals surface area contributed by atoms with Crippen LogP contribution in [0.2, 0.25) is 0 Å². The lowest BCUT2D eigenvalue weighted by molar-refractivity contribution is 0.0635. The molecule has 3 heterocycles. The average molecular weight is 361 g/mol. The van der Waals surface area contributed by atoms with Gasteiger partial charge in [0.1, 0.15) is 0 Å². The highest BCUT2D eigenvalue weighted by molar-refractivity contribution is 5.96. The molecule has 2 aliphatic heterocycles. The first-order valence-electron chi connectivity index (χ1n) is 9.61. The fraction of sp³-hybridized carbons (Fsp3) is 0.684. The molecule has 26 heavy (non-hydrogen) atoms. The fourth-order valence-electron chi connectivity index (χ4n) is 4.17. The number of pyridine rings is 1. The van der Waals surface area contributed by atoms with Crippen LogP contribution in [-0.4, -0.2) is 83.3 Å². The fourth-order valence-corrected chi connectivity index (χ4v) is 4.17. The summed E-state index contributed by atoms with van der Waals surface area (Å²) in [5.74, 6) is -0.530. The molecule has 2 aliphatic rings. The zero-order chi connectivity index (χ0) is 18.7. The summed E-state index contributed by atoms with van der Waals surface area (Å²) < 4.78 is 0. The lowest BCUT2D eigenvalue weighted by Gasteiger charge is -2.40. The summed E-state index contributed by atoms with van der Waals surface area (Å²) in [6.45, 7) is 9.53. The zero-order valence-corrected chi connectivity index (χ0v) is 15.8. The molecule has 3 N–H and O–H groups in total. The summed E-state index contributed by atoms with van der Waals surface area (Å²) >= 11 is 0. The average Bonchev–Trinajstić information content (AvgIpc) is 2.83.